The van der Waals surface area contributed by atoms with Crippen LogP contribution >= 0.6 is 0 Å². The summed E-state index contributed by atoms with van der Waals surface area (Å²) in [6.07, 6.45) is 6.06. The minimum Gasteiger partial charge on any atom is -0.481 e. The average molecular weight is 452 g/mol. The zero-order valence-electron chi connectivity index (χ0n) is 18.6. The van der Waals surface area contributed by atoms with E-state index in [-0.39, 0.29) is 12.5 Å². The SMILES string of the molecule is O=C(O)CC(c1cnc2c(c1)CCO2)N1CCN(CCCc2ccc3c(n2)NCCC3)C1=O. The number of carbonyl (C=O) groups excluding carboxylic acids is 1. The predicted molar refractivity (Wildman–Crippen MR) is 121 cm³/mol. The molecule has 2 aromatic rings. The van der Waals surface area contributed by atoms with Gasteiger partial charge in [0.05, 0.1) is 19.1 Å². The third-order valence-electron chi connectivity index (χ3n) is 6.63. The molecule has 5 rings (SSSR count). The third-order valence-corrected chi connectivity index (χ3v) is 6.63. The number of aliphatic carboxylic acids is 1. The highest BCUT2D eigenvalue weighted by molar-refractivity contribution is 5.78. The lowest BCUT2D eigenvalue weighted by atomic mass is 10.0. The topological polar surface area (TPSA) is 108 Å². The van der Waals surface area contributed by atoms with Gasteiger partial charge in [0, 0.05) is 50.1 Å². The van der Waals surface area contributed by atoms with Gasteiger partial charge in [-0.15, -0.1) is 0 Å². The van der Waals surface area contributed by atoms with E-state index in [4.69, 9.17) is 9.72 Å². The number of rotatable bonds is 8. The summed E-state index contributed by atoms with van der Waals surface area (Å²) in [4.78, 5) is 37.3. The van der Waals surface area contributed by atoms with Crippen molar-refractivity contribution in [2.75, 3.05) is 38.1 Å². The Morgan fingerprint density at radius 1 is 1.24 bits per heavy atom. The van der Waals surface area contributed by atoms with Gasteiger partial charge in [0.25, 0.3) is 0 Å². The van der Waals surface area contributed by atoms with Crippen LogP contribution in [0.15, 0.2) is 24.4 Å². The van der Waals surface area contributed by atoms with Gasteiger partial charge in [0.15, 0.2) is 0 Å². The molecule has 0 aromatic carbocycles. The van der Waals surface area contributed by atoms with Crippen molar-refractivity contribution >= 4 is 17.8 Å². The maximum absolute atomic E-state index is 13.2. The second-order valence-corrected chi connectivity index (χ2v) is 8.85. The van der Waals surface area contributed by atoms with E-state index in [2.05, 4.69) is 22.4 Å². The molecule has 0 radical (unpaired) electrons. The van der Waals surface area contributed by atoms with Crippen molar-refractivity contribution in [2.24, 2.45) is 0 Å². The van der Waals surface area contributed by atoms with Gasteiger partial charge in [-0.25, -0.2) is 14.8 Å². The summed E-state index contributed by atoms with van der Waals surface area (Å²) in [5, 5.41) is 12.9. The van der Waals surface area contributed by atoms with E-state index in [1.807, 2.05) is 11.0 Å². The molecule has 3 aliphatic heterocycles. The molecule has 9 nitrogen and oxygen atoms in total. The van der Waals surface area contributed by atoms with Gasteiger partial charge in [-0.05, 0) is 48.9 Å². The minimum absolute atomic E-state index is 0.113. The molecular formula is C24H29N5O4. The summed E-state index contributed by atoms with van der Waals surface area (Å²) in [5.41, 5.74) is 4.02. The van der Waals surface area contributed by atoms with E-state index in [9.17, 15) is 14.7 Å². The molecule has 0 bridgehead atoms. The Balaban J connectivity index is 1.22. The van der Waals surface area contributed by atoms with Crippen LogP contribution in [0.4, 0.5) is 10.6 Å². The smallest absolute Gasteiger partial charge is 0.320 e. The number of urea groups is 1. The van der Waals surface area contributed by atoms with Crippen molar-refractivity contribution in [1.29, 1.82) is 0 Å². The van der Waals surface area contributed by atoms with Crippen LogP contribution in [0.5, 0.6) is 5.88 Å². The number of fused-ring (bicyclic) bond motifs is 2. The van der Waals surface area contributed by atoms with Crippen LogP contribution in [0.2, 0.25) is 0 Å². The van der Waals surface area contributed by atoms with Crippen molar-refractivity contribution < 1.29 is 19.4 Å². The third kappa shape index (κ3) is 4.58. The molecule has 3 aliphatic rings. The normalized spacial score (nSPS) is 17.9. The largest absolute Gasteiger partial charge is 0.481 e. The van der Waals surface area contributed by atoms with Gasteiger partial charge in [-0.3, -0.25) is 4.79 Å². The van der Waals surface area contributed by atoms with Crippen LogP contribution in [0.3, 0.4) is 0 Å². The number of hydrogen-bond acceptors (Lipinski definition) is 6. The Hall–Kier alpha value is -3.36. The molecule has 5 heterocycles. The summed E-state index contributed by atoms with van der Waals surface area (Å²) >= 11 is 0. The molecule has 2 N–H and O–H groups in total. The number of anilines is 1. The van der Waals surface area contributed by atoms with Crippen molar-refractivity contribution in [3.8, 4) is 5.88 Å². The molecule has 1 atom stereocenters. The first kappa shape index (κ1) is 21.5. The van der Waals surface area contributed by atoms with E-state index >= 15 is 0 Å². The van der Waals surface area contributed by atoms with Crippen LogP contribution in [0.1, 0.15) is 47.7 Å². The molecule has 1 fully saturated rings. The first-order chi connectivity index (χ1) is 16.1. The Morgan fingerprint density at radius 3 is 3.03 bits per heavy atom. The second-order valence-electron chi connectivity index (χ2n) is 8.85. The van der Waals surface area contributed by atoms with Gasteiger partial charge >= 0.3 is 12.0 Å². The monoisotopic (exact) mass is 451 g/mol. The highest BCUT2D eigenvalue weighted by Gasteiger charge is 2.36. The molecule has 1 saturated heterocycles. The number of pyridine rings is 2. The van der Waals surface area contributed by atoms with Crippen LogP contribution in [-0.2, 0) is 24.1 Å². The zero-order chi connectivity index (χ0) is 22.8. The summed E-state index contributed by atoms with van der Waals surface area (Å²) < 4.78 is 5.46. The molecule has 174 valence electrons. The molecule has 2 amide bonds. The Kier molecular flexibility index (Phi) is 6.02. The lowest BCUT2D eigenvalue weighted by molar-refractivity contribution is -0.138. The predicted octanol–water partition coefficient (Wildman–Crippen LogP) is 2.66. The molecule has 2 aromatic heterocycles. The van der Waals surface area contributed by atoms with Crippen molar-refractivity contribution in [3.05, 3.63) is 46.8 Å². The van der Waals surface area contributed by atoms with Gasteiger partial charge in [0.1, 0.15) is 5.82 Å². The Labute approximate surface area is 192 Å². The van der Waals surface area contributed by atoms with Crippen molar-refractivity contribution in [3.63, 3.8) is 0 Å². The van der Waals surface area contributed by atoms with Gasteiger partial charge in [-0.1, -0.05) is 6.07 Å². The highest BCUT2D eigenvalue weighted by atomic mass is 16.5. The number of carbonyl (C=O) groups is 2. The molecule has 33 heavy (non-hydrogen) atoms. The molecule has 0 saturated carbocycles. The maximum Gasteiger partial charge on any atom is 0.320 e. The number of amides is 2. The molecule has 0 aliphatic carbocycles. The zero-order valence-corrected chi connectivity index (χ0v) is 18.6. The van der Waals surface area contributed by atoms with Crippen molar-refractivity contribution in [1.82, 2.24) is 19.8 Å². The standard InChI is InChI=1S/C24H29N5O4/c30-21(31)14-20(18-13-17-7-12-33-23(17)26-15-18)29-11-10-28(24(29)32)9-2-4-19-6-5-16-3-1-8-25-22(16)27-19/h5-6,13,15,20H,1-4,7-12,14H2,(H,25,27)(H,30,31). The molecule has 0 spiro atoms. The average Bonchev–Trinajstić information content (AvgIpc) is 3.43. The lowest BCUT2D eigenvalue weighted by Gasteiger charge is -2.27. The van der Waals surface area contributed by atoms with Gasteiger partial charge in [0.2, 0.25) is 5.88 Å². The number of aromatic nitrogens is 2. The summed E-state index contributed by atoms with van der Waals surface area (Å²) in [6, 6.07) is 5.52. The first-order valence-electron chi connectivity index (χ1n) is 11.7. The van der Waals surface area contributed by atoms with Crippen LogP contribution in [0.25, 0.3) is 0 Å². The molecule has 9 heteroatoms. The Morgan fingerprint density at radius 2 is 2.15 bits per heavy atom. The minimum atomic E-state index is -0.935. The van der Waals surface area contributed by atoms with Crippen LogP contribution in [0, 0.1) is 0 Å². The second kappa shape index (κ2) is 9.25. The number of ether oxygens (including phenoxy) is 1. The van der Waals surface area contributed by atoms with E-state index in [1.165, 1.54) is 5.56 Å². The van der Waals surface area contributed by atoms with E-state index in [1.54, 1.807) is 11.1 Å². The number of carboxylic acid groups (broad SMARTS) is 1. The number of aryl methyl sites for hydroxylation is 2. The number of hydrogen-bond donors (Lipinski definition) is 2. The van der Waals surface area contributed by atoms with Crippen molar-refractivity contribution in [2.45, 2.75) is 44.6 Å². The fourth-order valence-electron chi connectivity index (χ4n) is 4.90. The Bertz CT molecular complexity index is 1060. The fourth-order valence-corrected chi connectivity index (χ4v) is 4.90. The number of nitrogens with zero attached hydrogens (tertiary/aromatic N) is 4. The number of carboxylic acids is 1. The fraction of sp³-hybridized carbons (Fsp3) is 0.500. The molecular weight excluding hydrogens is 422 g/mol. The summed E-state index contributed by atoms with van der Waals surface area (Å²) in [6.45, 7) is 3.27. The van der Waals surface area contributed by atoms with Crippen LogP contribution < -0.4 is 10.1 Å². The van der Waals surface area contributed by atoms with E-state index in [0.29, 0.717) is 32.1 Å². The molecule has 1 unspecified atom stereocenters. The van der Waals surface area contributed by atoms with Crippen LogP contribution in [-0.4, -0.2) is 69.7 Å². The highest BCUT2D eigenvalue weighted by Crippen LogP contribution is 2.32. The van der Waals surface area contributed by atoms with E-state index < -0.39 is 12.0 Å². The summed E-state index contributed by atoms with van der Waals surface area (Å²) in [7, 11) is 0. The number of nitrogens with one attached hydrogen (secondary N) is 1. The van der Waals surface area contributed by atoms with Gasteiger partial charge < -0.3 is 25.0 Å². The quantitative estimate of drug-likeness (QED) is 0.635. The van der Waals surface area contributed by atoms with E-state index in [0.717, 1.165) is 61.3 Å². The lowest BCUT2D eigenvalue weighted by Crippen LogP contribution is -2.36. The first-order valence-corrected chi connectivity index (χ1v) is 11.7. The maximum atomic E-state index is 13.2. The van der Waals surface area contributed by atoms with Gasteiger partial charge in [-0.2, -0.15) is 0 Å². The summed E-state index contributed by atoms with van der Waals surface area (Å²) in [5.74, 6) is 0.662.